The molecule has 3 aromatic carbocycles. The highest BCUT2D eigenvalue weighted by atomic mass is 35.5. The number of rotatable bonds is 7. The fourth-order valence-corrected chi connectivity index (χ4v) is 5.67. The summed E-state index contributed by atoms with van der Waals surface area (Å²) in [5, 5.41) is 21.5. The number of hydrogen-bond donors (Lipinski definition) is 3. The van der Waals surface area contributed by atoms with Crippen molar-refractivity contribution in [1.82, 2.24) is 4.90 Å². The van der Waals surface area contributed by atoms with Crippen LogP contribution in [0.3, 0.4) is 0 Å². The van der Waals surface area contributed by atoms with Gasteiger partial charge in [0.25, 0.3) is 0 Å². The van der Waals surface area contributed by atoms with E-state index in [1.54, 1.807) is 0 Å². The van der Waals surface area contributed by atoms with Gasteiger partial charge in [-0.2, -0.15) is 0 Å². The predicted octanol–water partition coefficient (Wildman–Crippen LogP) is 5.07. The van der Waals surface area contributed by atoms with E-state index in [2.05, 4.69) is 11.8 Å². The molecule has 2 heterocycles. The second kappa shape index (κ2) is 11.8. The second-order valence-electron chi connectivity index (χ2n) is 10.6. The number of halogens is 1. The molecule has 0 saturated carbocycles. The second-order valence-corrected chi connectivity index (χ2v) is 11.0. The number of aliphatic hydroxyl groups is 2. The van der Waals surface area contributed by atoms with Crippen LogP contribution in [-0.4, -0.2) is 40.9 Å². The van der Waals surface area contributed by atoms with Crippen molar-refractivity contribution in [3.05, 3.63) is 106 Å². The molecule has 2 aliphatic heterocycles. The lowest BCUT2D eigenvalue weighted by Gasteiger charge is -2.45. The van der Waals surface area contributed by atoms with Crippen LogP contribution in [0.15, 0.2) is 72.8 Å². The molecular weight excluding hydrogens is 500 g/mol. The van der Waals surface area contributed by atoms with Crippen molar-refractivity contribution in [2.45, 2.75) is 57.0 Å². The third kappa shape index (κ3) is 5.97. The molecule has 2 saturated heterocycles. The summed E-state index contributed by atoms with van der Waals surface area (Å²) in [6, 6.07) is 23.6. The number of benzene rings is 3. The molecule has 202 valence electrons. The van der Waals surface area contributed by atoms with Crippen molar-refractivity contribution >= 4 is 11.6 Å². The minimum Gasteiger partial charge on any atom is -0.392 e. The number of ether oxygens (including phenoxy) is 2. The Bertz CT molecular complexity index is 1180. The summed E-state index contributed by atoms with van der Waals surface area (Å²) < 4.78 is 13.1. The Hall–Kier alpha value is -2.29. The first-order chi connectivity index (χ1) is 18.4. The van der Waals surface area contributed by atoms with E-state index in [0.29, 0.717) is 24.4 Å². The van der Waals surface area contributed by atoms with Crippen LogP contribution in [0.1, 0.15) is 60.0 Å². The summed E-state index contributed by atoms with van der Waals surface area (Å²) in [6.07, 6.45) is 0.592. The lowest BCUT2D eigenvalue weighted by atomic mass is 9.84. The minimum atomic E-state index is -0.840. The summed E-state index contributed by atoms with van der Waals surface area (Å²) in [6.45, 7) is 4.99. The molecule has 0 aromatic heterocycles. The first kappa shape index (κ1) is 27.3. The van der Waals surface area contributed by atoms with Crippen LogP contribution in [0, 0.1) is 5.92 Å². The average molecular weight is 537 g/mol. The van der Waals surface area contributed by atoms with Crippen LogP contribution >= 0.6 is 11.6 Å². The summed E-state index contributed by atoms with van der Waals surface area (Å²) in [4.78, 5) is 2.39. The number of aliphatic hydroxyl groups excluding tert-OH is 1. The van der Waals surface area contributed by atoms with Crippen molar-refractivity contribution in [2.75, 3.05) is 19.6 Å². The molecule has 38 heavy (non-hydrogen) atoms. The van der Waals surface area contributed by atoms with E-state index < -0.39 is 11.9 Å². The Kier molecular flexibility index (Phi) is 8.50. The average Bonchev–Trinajstić information content (AvgIpc) is 2.96. The van der Waals surface area contributed by atoms with E-state index in [9.17, 15) is 10.2 Å². The van der Waals surface area contributed by atoms with E-state index in [-0.39, 0.29) is 24.7 Å². The van der Waals surface area contributed by atoms with Crippen LogP contribution < -0.4 is 5.73 Å². The Labute approximate surface area is 229 Å². The van der Waals surface area contributed by atoms with Gasteiger partial charge in [-0.1, -0.05) is 79.2 Å². The zero-order valence-electron chi connectivity index (χ0n) is 21.8. The monoisotopic (exact) mass is 536 g/mol. The molecule has 0 aliphatic carbocycles. The SMILES string of the molecule is C[C@@H]1[C@H](CN2CCC(O)(c3ccc(Cl)cc3)CC2)O[C@H](c2ccc(CN)cc2)O[C@@H]1c1ccc(CO)cc1. The summed E-state index contributed by atoms with van der Waals surface area (Å²) >= 11 is 6.05. The smallest absolute Gasteiger partial charge is 0.184 e. The number of likely N-dealkylation sites (tertiary alicyclic amines) is 1. The van der Waals surface area contributed by atoms with E-state index in [0.717, 1.165) is 47.5 Å². The molecule has 3 aromatic rings. The largest absolute Gasteiger partial charge is 0.392 e. The molecule has 6 nitrogen and oxygen atoms in total. The van der Waals surface area contributed by atoms with Gasteiger partial charge in [0.1, 0.15) is 0 Å². The maximum atomic E-state index is 11.3. The third-order valence-electron chi connectivity index (χ3n) is 8.11. The normalized spacial score (nSPS) is 25.8. The van der Waals surface area contributed by atoms with E-state index in [1.165, 1.54) is 0 Å². The van der Waals surface area contributed by atoms with E-state index in [1.807, 2.05) is 72.8 Å². The van der Waals surface area contributed by atoms with Crippen molar-refractivity contribution in [3.63, 3.8) is 0 Å². The topological polar surface area (TPSA) is 88.2 Å². The first-order valence-electron chi connectivity index (χ1n) is 13.4. The van der Waals surface area contributed by atoms with Gasteiger partial charge in [-0.15, -0.1) is 0 Å². The van der Waals surface area contributed by atoms with Gasteiger partial charge in [0.15, 0.2) is 6.29 Å². The number of piperidine rings is 1. The quantitative estimate of drug-likeness (QED) is 0.391. The Balaban J connectivity index is 1.32. The zero-order valence-corrected chi connectivity index (χ0v) is 22.6. The maximum absolute atomic E-state index is 11.3. The van der Waals surface area contributed by atoms with Crippen molar-refractivity contribution in [2.24, 2.45) is 11.7 Å². The van der Waals surface area contributed by atoms with Gasteiger partial charge in [0, 0.05) is 42.7 Å². The van der Waals surface area contributed by atoms with Crippen LogP contribution in [-0.2, 0) is 28.2 Å². The number of hydrogen-bond acceptors (Lipinski definition) is 6. The van der Waals surface area contributed by atoms with Gasteiger partial charge < -0.3 is 30.3 Å². The van der Waals surface area contributed by atoms with Gasteiger partial charge in [0.05, 0.1) is 24.4 Å². The molecule has 0 amide bonds. The number of nitrogens with zero attached hydrogens (tertiary/aromatic N) is 1. The molecule has 5 rings (SSSR count). The van der Waals surface area contributed by atoms with Crippen molar-refractivity contribution in [3.8, 4) is 0 Å². The summed E-state index contributed by atoms with van der Waals surface area (Å²) in [5.74, 6) is 0.103. The lowest BCUT2D eigenvalue weighted by molar-refractivity contribution is -0.277. The molecule has 2 aliphatic rings. The Morgan fingerprint density at radius 2 is 1.50 bits per heavy atom. The van der Waals surface area contributed by atoms with Crippen LogP contribution in [0.4, 0.5) is 0 Å². The van der Waals surface area contributed by atoms with Crippen LogP contribution in [0.5, 0.6) is 0 Å². The molecule has 4 N–H and O–H groups in total. The fourth-order valence-electron chi connectivity index (χ4n) is 5.55. The minimum absolute atomic E-state index is 0.0144. The summed E-state index contributed by atoms with van der Waals surface area (Å²) in [7, 11) is 0. The third-order valence-corrected chi connectivity index (χ3v) is 8.37. The highest BCUT2D eigenvalue weighted by molar-refractivity contribution is 6.30. The van der Waals surface area contributed by atoms with E-state index in [4.69, 9.17) is 26.8 Å². The summed E-state index contributed by atoms with van der Waals surface area (Å²) in [5.41, 5.74) is 9.85. The predicted molar refractivity (Wildman–Crippen MR) is 148 cm³/mol. The molecule has 4 atom stereocenters. The van der Waals surface area contributed by atoms with Gasteiger partial charge in [-0.05, 0) is 47.2 Å². The molecule has 0 spiro atoms. The van der Waals surface area contributed by atoms with Crippen LogP contribution in [0.25, 0.3) is 0 Å². The molecule has 2 fully saturated rings. The van der Waals surface area contributed by atoms with Gasteiger partial charge in [-0.25, -0.2) is 0 Å². The molecule has 0 unspecified atom stereocenters. The fraction of sp³-hybridized carbons (Fsp3) is 0.419. The highest BCUT2D eigenvalue weighted by Gasteiger charge is 2.41. The molecule has 0 bridgehead atoms. The van der Waals surface area contributed by atoms with Gasteiger partial charge >= 0.3 is 0 Å². The van der Waals surface area contributed by atoms with E-state index >= 15 is 0 Å². The Morgan fingerprint density at radius 3 is 2.11 bits per heavy atom. The maximum Gasteiger partial charge on any atom is 0.184 e. The zero-order chi connectivity index (χ0) is 26.7. The lowest BCUT2D eigenvalue weighted by Crippen LogP contribution is -2.49. The Morgan fingerprint density at radius 1 is 0.895 bits per heavy atom. The van der Waals surface area contributed by atoms with Crippen molar-refractivity contribution < 1.29 is 19.7 Å². The standard InChI is InChI=1S/C31H37ClN2O4/c1-21-28(19-34-16-14-31(36,15-17-34)26-10-12-27(32)13-11-26)37-30(25-8-2-22(18-33)3-9-25)38-29(21)24-6-4-23(20-35)5-7-24/h2-13,21,28-30,35-36H,14-20,33H2,1H3/t21-,28+,29+,30+/m1/s1. The van der Waals surface area contributed by atoms with Crippen LogP contribution in [0.2, 0.25) is 5.02 Å². The molecule has 7 heteroatoms. The van der Waals surface area contributed by atoms with Crippen molar-refractivity contribution in [1.29, 1.82) is 0 Å². The van der Waals surface area contributed by atoms with Gasteiger partial charge in [-0.3, -0.25) is 0 Å². The molecular formula is C31H37ClN2O4. The number of nitrogens with two attached hydrogens (primary N) is 1. The first-order valence-corrected chi connectivity index (χ1v) is 13.8. The highest BCUT2D eigenvalue weighted by Crippen LogP contribution is 2.42. The molecule has 0 radical (unpaired) electrons. The van der Waals surface area contributed by atoms with Gasteiger partial charge in [0.2, 0.25) is 0 Å².